The SMILES string of the molecule is CCOc1ncccc1C(=O)N(C)Cc1cccc(Cl)c1. The molecule has 21 heavy (non-hydrogen) atoms. The van der Waals surface area contributed by atoms with Crippen LogP contribution in [0.25, 0.3) is 0 Å². The third-order valence-corrected chi connectivity index (χ3v) is 3.17. The van der Waals surface area contributed by atoms with Gasteiger partial charge in [-0.15, -0.1) is 0 Å². The molecule has 0 unspecified atom stereocenters. The molecule has 110 valence electrons. The van der Waals surface area contributed by atoms with E-state index in [9.17, 15) is 4.79 Å². The van der Waals surface area contributed by atoms with Gasteiger partial charge in [-0.3, -0.25) is 4.79 Å². The van der Waals surface area contributed by atoms with E-state index in [1.165, 1.54) is 0 Å². The van der Waals surface area contributed by atoms with Crippen molar-refractivity contribution in [2.75, 3.05) is 13.7 Å². The van der Waals surface area contributed by atoms with Crippen LogP contribution >= 0.6 is 11.6 Å². The first kappa shape index (κ1) is 15.3. The lowest BCUT2D eigenvalue weighted by molar-refractivity contribution is 0.0780. The van der Waals surface area contributed by atoms with Crippen molar-refractivity contribution in [1.29, 1.82) is 0 Å². The van der Waals surface area contributed by atoms with Gasteiger partial charge in [0.15, 0.2) is 0 Å². The molecule has 4 nitrogen and oxygen atoms in total. The highest BCUT2D eigenvalue weighted by molar-refractivity contribution is 6.30. The molecule has 2 aromatic rings. The Kier molecular flexibility index (Phi) is 5.17. The number of rotatable bonds is 5. The Bertz CT molecular complexity index is 631. The van der Waals surface area contributed by atoms with Crippen molar-refractivity contribution in [2.24, 2.45) is 0 Å². The minimum atomic E-state index is -0.133. The Morgan fingerprint density at radius 1 is 1.33 bits per heavy atom. The average Bonchev–Trinajstić information content (AvgIpc) is 2.47. The number of hydrogen-bond acceptors (Lipinski definition) is 3. The molecule has 2 rings (SSSR count). The smallest absolute Gasteiger partial charge is 0.259 e. The topological polar surface area (TPSA) is 42.4 Å². The lowest BCUT2D eigenvalue weighted by Crippen LogP contribution is -2.27. The molecule has 1 heterocycles. The fourth-order valence-electron chi connectivity index (χ4n) is 1.99. The lowest BCUT2D eigenvalue weighted by atomic mass is 10.2. The van der Waals surface area contributed by atoms with E-state index in [4.69, 9.17) is 16.3 Å². The van der Waals surface area contributed by atoms with E-state index in [-0.39, 0.29) is 5.91 Å². The second-order valence-electron chi connectivity index (χ2n) is 4.58. The van der Waals surface area contributed by atoms with Gasteiger partial charge >= 0.3 is 0 Å². The van der Waals surface area contributed by atoms with E-state index >= 15 is 0 Å². The van der Waals surface area contributed by atoms with Gasteiger partial charge in [-0.1, -0.05) is 23.7 Å². The molecule has 0 bridgehead atoms. The maximum Gasteiger partial charge on any atom is 0.259 e. The minimum absolute atomic E-state index is 0.133. The predicted octanol–water partition coefficient (Wildman–Crippen LogP) is 3.41. The van der Waals surface area contributed by atoms with Crippen LogP contribution in [0.5, 0.6) is 5.88 Å². The van der Waals surface area contributed by atoms with Gasteiger partial charge in [0.25, 0.3) is 5.91 Å². The monoisotopic (exact) mass is 304 g/mol. The van der Waals surface area contributed by atoms with Crippen molar-refractivity contribution in [3.05, 3.63) is 58.7 Å². The molecule has 0 atom stereocenters. The molecule has 0 spiro atoms. The Morgan fingerprint density at radius 2 is 2.14 bits per heavy atom. The van der Waals surface area contributed by atoms with E-state index in [1.54, 1.807) is 36.3 Å². The van der Waals surface area contributed by atoms with Gasteiger partial charge in [0.1, 0.15) is 5.56 Å². The number of halogens is 1. The van der Waals surface area contributed by atoms with Gasteiger partial charge in [0, 0.05) is 24.8 Å². The maximum atomic E-state index is 12.5. The van der Waals surface area contributed by atoms with Crippen LogP contribution in [0.4, 0.5) is 0 Å². The van der Waals surface area contributed by atoms with Crippen molar-refractivity contribution >= 4 is 17.5 Å². The molecule has 1 amide bonds. The summed E-state index contributed by atoms with van der Waals surface area (Å²) in [4.78, 5) is 18.2. The number of pyridine rings is 1. The van der Waals surface area contributed by atoms with Crippen LogP contribution < -0.4 is 4.74 Å². The molecule has 0 fully saturated rings. The van der Waals surface area contributed by atoms with Crippen LogP contribution in [-0.2, 0) is 6.54 Å². The molecule has 0 aliphatic carbocycles. The highest BCUT2D eigenvalue weighted by Crippen LogP contribution is 2.18. The molecule has 0 radical (unpaired) electrons. The van der Waals surface area contributed by atoms with Gasteiger partial charge < -0.3 is 9.64 Å². The summed E-state index contributed by atoms with van der Waals surface area (Å²) in [7, 11) is 1.74. The molecule has 1 aromatic heterocycles. The molecule has 0 saturated carbocycles. The summed E-state index contributed by atoms with van der Waals surface area (Å²) in [6.45, 7) is 2.80. The molecule has 0 aliphatic heterocycles. The molecule has 0 saturated heterocycles. The highest BCUT2D eigenvalue weighted by Gasteiger charge is 2.17. The molecular formula is C16H17ClN2O2. The Balaban J connectivity index is 2.16. The Hall–Kier alpha value is -2.07. The lowest BCUT2D eigenvalue weighted by Gasteiger charge is -2.18. The van der Waals surface area contributed by atoms with Gasteiger partial charge in [0.05, 0.1) is 6.61 Å². The first-order valence-electron chi connectivity index (χ1n) is 6.69. The summed E-state index contributed by atoms with van der Waals surface area (Å²) in [5.74, 6) is 0.231. The second-order valence-corrected chi connectivity index (χ2v) is 5.02. The molecule has 0 N–H and O–H groups in total. The molecule has 0 aliphatic rings. The van der Waals surface area contributed by atoms with E-state index in [0.29, 0.717) is 29.6 Å². The van der Waals surface area contributed by atoms with E-state index in [1.807, 2.05) is 25.1 Å². The first-order chi connectivity index (χ1) is 10.1. The number of aromatic nitrogens is 1. The van der Waals surface area contributed by atoms with Crippen molar-refractivity contribution < 1.29 is 9.53 Å². The predicted molar refractivity (Wildman–Crippen MR) is 82.7 cm³/mol. The number of benzene rings is 1. The standard InChI is InChI=1S/C16H17ClN2O2/c1-3-21-15-14(8-5-9-18-15)16(20)19(2)11-12-6-4-7-13(17)10-12/h4-10H,3,11H2,1-2H3. The highest BCUT2D eigenvalue weighted by atomic mass is 35.5. The van der Waals surface area contributed by atoms with Crippen LogP contribution in [-0.4, -0.2) is 29.4 Å². The summed E-state index contributed by atoms with van der Waals surface area (Å²) in [6, 6.07) is 10.9. The van der Waals surface area contributed by atoms with Gasteiger partial charge in [0.2, 0.25) is 5.88 Å². The van der Waals surface area contributed by atoms with Crippen molar-refractivity contribution in [2.45, 2.75) is 13.5 Å². The summed E-state index contributed by atoms with van der Waals surface area (Å²) < 4.78 is 5.40. The van der Waals surface area contributed by atoms with Crippen LogP contribution in [0.15, 0.2) is 42.6 Å². The molecular weight excluding hydrogens is 288 g/mol. The number of carbonyl (C=O) groups excluding carboxylic acids is 1. The van der Waals surface area contributed by atoms with Crippen molar-refractivity contribution in [3.8, 4) is 5.88 Å². The third kappa shape index (κ3) is 3.95. The summed E-state index contributed by atoms with van der Waals surface area (Å²) in [5.41, 5.74) is 1.43. The Labute approximate surface area is 129 Å². The first-order valence-corrected chi connectivity index (χ1v) is 7.07. The zero-order valence-corrected chi connectivity index (χ0v) is 12.8. The molecule has 1 aromatic carbocycles. The van der Waals surface area contributed by atoms with Crippen LogP contribution in [0.1, 0.15) is 22.8 Å². The number of amides is 1. The zero-order valence-electron chi connectivity index (χ0n) is 12.0. The Morgan fingerprint density at radius 3 is 2.86 bits per heavy atom. The summed E-state index contributed by atoms with van der Waals surface area (Å²) >= 11 is 5.96. The van der Waals surface area contributed by atoms with Crippen LogP contribution in [0.3, 0.4) is 0 Å². The van der Waals surface area contributed by atoms with Crippen molar-refractivity contribution in [3.63, 3.8) is 0 Å². The summed E-state index contributed by atoms with van der Waals surface area (Å²) in [5, 5.41) is 0.657. The van der Waals surface area contributed by atoms with Crippen LogP contribution in [0.2, 0.25) is 5.02 Å². The quantitative estimate of drug-likeness (QED) is 0.850. The number of nitrogens with zero attached hydrogens (tertiary/aromatic N) is 2. The fourth-order valence-corrected chi connectivity index (χ4v) is 2.20. The van der Waals surface area contributed by atoms with E-state index in [2.05, 4.69) is 4.98 Å². The van der Waals surface area contributed by atoms with Gasteiger partial charge in [-0.2, -0.15) is 0 Å². The second kappa shape index (κ2) is 7.09. The minimum Gasteiger partial charge on any atom is -0.477 e. The number of ether oxygens (including phenoxy) is 1. The average molecular weight is 305 g/mol. The third-order valence-electron chi connectivity index (χ3n) is 2.94. The van der Waals surface area contributed by atoms with Crippen molar-refractivity contribution in [1.82, 2.24) is 9.88 Å². The number of hydrogen-bond donors (Lipinski definition) is 0. The van der Waals surface area contributed by atoms with E-state index < -0.39 is 0 Å². The van der Waals surface area contributed by atoms with E-state index in [0.717, 1.165) is 5.56 Å². The van der Waals surface area contributed by atoms with Gasteiger partial charge in [-0.05, 0) is 36.8 Å². The zero-order chi connectivity index (χ0) is 15.2. The fraction of sp³-hybridized carbons (Fsp3) is 0.250. The van der Waals surface area contributed by atoms with Gasteiger partial charge in [-0.25, -0.2) is 4.98 Å². The normalized spacial score (nSPS) is 10.2. The van der Waals surface area contributed by atoms with Crippen LogP contribution in [0, 0.1) is 0 Å². The summed E-state index contributed by atoms with van der Waals surface area (Å²) in [6.07, 6.45) is 1.61. The maximum absolute atomic E-state index is 12.5. The number of carbonyl (C=O) groups is 1. The molecule has 5 heteroatoms. The largest absolute Gasteiger partial charge is 0.477 e.